The molecule has 2 aromatic carbocycles. The Morgan fingerprint density at radius 2 is 1.83 bits per heavy atom. The number of hydrogen-bond donors (Lipinski definition) is 1. The summed E-state index contributed by atoms with van der Waals surface area (Å²) in [6.07, 6.45) is 0. The van der Waals surface area contributed by atoms with Crippen LogP contribution in [0.15, 0.2) is 54.6 Å². The van der Waals surface area contributed by atoms with Gasteiger partial charge in [0.1, 0.15) is 5.92 Å². The number of rotatable bonds is 5. The summed E-state index contributed by atoms with van der Waals surface area (Å²) in [4.78, 5) is 26.2. The van der Waals surface area contributed by atoms with Crippen LogP contribution in [0.5, 0.6) is 0 Å². The lowest BCUT2D eigenvalue weighted by Crippen LogP contribution is -2.37. The number of nitrogens with one attached hydrogen (secondary N) is 1. The van der Waals surface area contributed by atoms with Crippen molar-refractivity contribution >= 4 is 17.6 Å². The van der Waals surface area contributed by atoms with Crippen LogP contribution in [0.25, 0.3) is 0 Å². The molecular weight excluding hydrogens is 304 g/mol. The highest BCUT2D eigenvalue weighted by atomic mass is 16.5. The topological polar surface area (TPSA) is 58.6 Å². The van der Waals surface area contributed by atoms with Gasteiger partial charge in [-0.3, -0.25) is 9.59 Å². The van der Waals surface area contributed by atoms with Crippen LogP contribution in [-0.2, 0) is 20.9 Å². The third-order valence-electron chi connectivity index (χ3n) is 4.21. The van der Waals surface area contributed by atoms with Gasteiger partial charge in [0.05, 0.1) is 13.7 Å². The summed E-state index contributed by atoms with van der Waals surface area (Å²) in [6.45, 7) is 1.18. The fourth-order valence-corrected chi connectivity index (χ4v) is 3.01. The fourth-order valence-electron chi connectivity index (χ4n) is 3.01. The van der Waals surface area contributed by atoms with Crippen LogP contribution in [0, 0.1) is 0 Å². The van der Waals surface area contributed by atoms with Crippen LogP contribution in [0.3, 0.4) is 0 Å². The number of para-hydroxylation sites is 1. The molecule has 24 heavy (non-hydrogen) atoms. The lowest BCUT2D eigenvalue weighted by molar-refractivity contribution is -0.142. The maximum Gasteiger partial charge on any atom is 0.315 e. The predicted molar refractivity (Wildman–Crippen MR) is 91.7 cm³/mol. The molecule has 0 aromatic heterocycles. The van der Waals surface area contributed by atoms with Crippen molar-refractivity contribution in [2.45, 2.75) is 12.5 Å². The summed E-state index contributed by atoms with van der Waals surface area (Å²) >= 11 is 0. The van der Waals surface area contributed by atoms with Crippen LogP contribution < -0.4 is 10.2 Å². The van der Waals surface area contributed by atoms with Gasteiger partial charge in [-0.05, 0) is 17.2 Å². The molecule has 1 heterocycles. The molecule has 3 rings (SSSR count). The van der Waals surface area contributed by atoms with Gasteiger partial charge in [-0.2, -0.15) is 0 Å². The molecule has 0 aliphatic carbocycles. The number of amides is 1. The molecule has 0 fully saturated rings. The Kier molecular flexibility index (Phi) is 4.79. The zero-order chi connectivity index (χ0) is 16.9. The number of carbonyl (C=O) groups is 2. The molecular formula is C19H20N2O3. The lowest BCUT2D eigenvalue weighted by atomic mass is 10.0. The van der Waals surface area contributed by atoms with E-state index in [0.29, 0.717) is 13.1 Å². The highest BCUT2D eigenvalue weighted by Gasteiger charge is 2.34. The molecule has 1 amide bonds. The van der Waals surface area contributed by atoms with Gasteiger partial charge in [-0.15, -0.1) is 0 Å². The minimum atomic E-state index is -0.340. The van der Waals surface area contributed by atoms with Gasteiger partial charge in [0, 0.05) is 18.8 Å². The van der Waals surface area contributed by atoms with Crippen LogP contribution in [0.1, 0.15) is 17.0 Å². The van der Waals surface area contributed by atoms with Crippen molar-refractivity contribution in [1.29, 1.82) is 0 Å². The molecule has 1 N–H and O–H groups in total. The third-order valence-corrected chi connectivity index (χ3v) is 4.21. The average molecular weight is 324 g/mol. The monoisotopic (exact) mass is 324 g/mol. The molecule has 1 aliphatic rings. The molecule has 5 nitrogen and oxygen atoms in total. The molecule has 124 valence electrons. The molecule has 0 saturated carbocycles. The number of hydrogen-bond acceptors (Lipinski definition) is 4. The van der Waals surface area contributed by atoms with Crippen molar-refractivity contribution in [3.63, 3.8) is 0 Å². The van der Waals surface area contributed by atoms with Gasteiger partial charge >= 0.3 is 5.97 Å². The van der Waals surface area contributed by atoms with E-state index in [1.54, 1.807) is 0 Å². The summed E-state index contributed by atoms with van der Waals surface area (Å²) in [5.41, 5.74) is 2.89. The van der Waals surface area contributed by atoms with Gasteiger partial charge in [-0.25, -0.2) is 0 Å². The molecule has 0 bridgehead atoms. The van der Waals surface area contributed by atoms with Gasteiger partial charge in [0.15, 0.2) is 0 Å². The normalized spacial score (nSPS) is 15.7. The highest BCUT2D eigenvalue weighted by Crippen LogP contribution is 2.36. The van der Waals surface area contributed by atoms with Gasteiger partial charge in [-0.1, -0.05) is 48.5 Å². The number of fused-ring (bicyclic) bond motifs is 1. The summed E-state index contributed by atoms with van der Waals surface area (Å²) in [5, 5.41) is 2.92. The summed E-state index contributed by atoms with van der Waals surface area (Å²) in [6, 6.07) is 17.4. The second-order valence-electron chi connectivity index (χ2n) is 5.78. The minimum Gasteiger partial charge on any atom is -0.468 e. The first kappa shape index (κ1) is 16.1. The number of carbonyl (C=O) groups excluding carboxylic acids is 2. The smallest absolute Gasteiger partial charge is 0.315 e. The maximum absolute atomic E-state index is 12.3. The van der Waals surface area contributed by atoms with E-state index >= 15 is 0 Å². The quantitative estimate of drug-likeness (QED) is 0.856. The average Bonchev–Trinajstić information content (AvgIpc) is 2.99. The number of benzene rings is 2. The van der Waals surface area contributed by atoms with Crippen molar-refractivity contribution in [2.24, 2.45) is 0 Å². The zero-order valence-corrected chi connectivity index (χ0v) is 13.6. The van der Waals surface area contributed by atoms with Crippen molar-refractivity contribution in [3.05, 3.63) is 65.7 Å². The molecule has 1 atom stereocenters. The summed E-state index contributed by atoms with van der Waals surface area (Å²) < 4.78 is 4.88. The standard InChI is InChI=1S/C19H20N2O3/c1-24-19(23)16-12-21(17-10-6-5-9-15(16)17)13-18(22)20-11-14-7-3-2-4-8-14/h2-10,16H,11-13H2,1H3,(H,20,22). The lowest BCUT2D eigenvalue weighted by Gasteiger charge is -2.19. The Bertz CT molecular complexity index is 730. The van der Waals surface area contributed by atoms with E-state index in [9.17, 15) is 9.59 Å². The Balaban J connectivity index is 1.65. The van der Waals surface area contributed by atoms with Crippen molar-refractivity contribution in [2.75, 3.05) is 25.1 Å². The Labute approximate surface area is 141 Å². The van der Waals surface area contributed by atoms with Crippen molar-refractivity contribution in [3.8, 4) is 0 Å². The van der Waals surface area contributed by atoms with E-state index in [0.717, 1.165) is 16.8 Å². The predicted octanol–water partition coefficient (Wildman–Crippen LogP) is 2.08. The van der Waals surface area contributed by atoms with E-state index in [2.05, 4.69) is 5.32 Å². The SMILES string of the molecule is COC(=O)C1CN(CC(=O)NCc2ccccc2)c2ccccc21. The largest absolute Gasteiger partial charge is 0.468 e. The second-order valence-corrected chi connectivity index (χ2v) is 5.78. The number of anilines is 1. The van der Waals surface area contributed by atoms with Crippen LogP contribution in [-0.4, -0.2) is 32.1 Å². The fraction of sp³-hybridized carbons (Fsp3) is 0.263. The first-order valence-electron chi connectivity index (χ1n) is 7.91. The van der Waals surface area contributed by atoms with Crippen LogP contribution in [0.4, 0.5) is 5.69 Å². The van der Waals surface area contributed by atoms with Crippen molar-refractivity contribution < 1.29 is 14.3 Å². The van der Waals surface area contributed by atoms with Gasteiger partial charge in [0.25, 0.3) is 0 Å². The van der Waals surface area contributed by atoms with Gasteiger partial charge < -0.3 is 15.0 Å². The van der Waals surface area contributed by atoms with Gasteiger partial charge in [0.2, 0.25) is 5.91 Å². The molecule has 0 saturated heterocycles. The van der Waals surface area contributed by atoms with E-state index in [-0.39, 0.29) is 24.3 Å². The first-order valence-corrected chi connectivity index (χ1v) is 7.91. The molecule has 0 radical (unpaired) electrons. The number of esters is 1. The minimum absolute atomic E-state index is 0.0702. The molecule has 2 aromatic rings. The highest BCUT2D eigenvalue weighted by molar-refractivity contribution is 5.87. The first-order chi connectivity index (χ1) is 11.7. The van der Waals surface area contributed by atoms with E-state index in [4.69, 9.17) is 4.74 Å². The number of ether oxygens (including phenoxy) is 1. The van der Waals surface area contributed by atoms with E-state index in [1.165, 1.54) is 7.11 Å². The maximum atomic E-state index is 12.3. The van der Waals surface area contributed by atoms with Crippen LogP contribution >= 0.6 is 0 Å². The van der Waals surface area contributed by atoms with Crippen LogP contribution in [0.2, 0.25) is 0 Å². The second kappa shape index (κ2) is 7.17. The van der Waals surface area contributed by atoms with Crippen molar-refractivity contribution in [1.82, 2.24) is 5.32 Å². The summed E-state index contributed by atoms with van der Waals surface area (Å²) in [7, 11) is 1.39. The number of methoxy groups -OCH3 is 1. The molecule has 5 heteroatoms. The Morgan fingerprint density at radius 3 is 2.58 bits per heavy atom. The molecule has 1 aliphatic heterocycles. The summed E-state index contributed by atoms with van der Waals surface area (Å²) in [5.74, 6) is -0.679. The Morgan fingerprint density at radius 1 is 1.12 bits per heavy atom. The van der Waals surface area contributed by atoms with E-state index in [1.807, 2.05) is 59.5 Å². The molecule has 1 unspecified atom stereocenters. The third kappa shape index (κ3) is 3.40. The van der Waals surface area contributed by atoms with E-state index < -0.39 is 0 Å². The zero-order valence-electron chi connectivity index (χ0n) is 13.6. The Hall–Kier alpha value is -2.82. The number of nitrogens with zero attached hydrogens (tertiary/aromatic N) is 1. The molecule has 0 spiro atoms.